The van der Waals surface area contributed by atoms with Crippen LogP contribution in [0.4, 0.5) is 34.1 Å². The normalized spacial score (nSPS) is 17.9. The maximum Gasteiger partial charge on any atom is 0.416 e. The second-order valence-corrected chi connectivity index (χ2v) is 8.73. The Labute approximate surface area is 184 Å². The first-order chi connectivity index (χ1) is 14.9. The zero-order chi connectivity index (χ0) is 23.5. The van der Waals surface area contributed by atoms with Gasteiger partial charge in [0.1, 0.15) is 5.60 Å². The van der Waals surface area contributed by atoms with Crippen molar-refractivity contribution in [3.8, 4) is 0 Å². The van der Waals surface area contributed by atoms with Crippen LogP contribution in [0.15, 0.2) is 48.5 Å². The van der Waals surface area contributed by atoms with E-state index in [-0.39, 0.29) is 17.5 Å². The highest BCUT2D eigenvalue weighted by Crippen LogP contribution is 2.49. The van der Waals surface area contributed by atoms with Crippen molar-refractivity contribution < 1.29 is 27.5 Å². The Morgan fingerprint density at radius 1 is 1.00 bits per heavy atom. The number of halogens is 3. The molecule has 2 aromatic rings. The van der Waals surface area contributed by atoms with Crippen molar-refractivity contribution in [3.63, 3.8) is 0 Å². The van der Waals surface area contributed by atoms with Crippen LogP contribution in [0.5, 0.6) is 0 Å². The van der Waals surface area contributed by atoms with Crippen LogP contribution in [0.25, 0.3) is 0 Å². The molecule has 1 fully saturated rings. The maximum absolute atomic E-state index is 12.7. The molecule has 3 N–H and O–H groups in total. The summed E-state index contributed by atoms with van der Waals surface area (Å²) in [5, 5.41) is 8.06. The van der Waals surface area contributed by atoms with Crippen LogP contribution in [0.3, 0.4) is 0 Å². The van der Waals surface area contributed by atoms with E-state index in [9.17, 15) is 22.8 Å². The average Bonchev–Trinajstić information content (AvgIpc) is 3.44. The molecule has 2 atom stereocenters. The number of carbonyl (C=O) groups excluding carboxylic acids is 2. The fourth-order valence-corrected chi connectivity index (χ4v) is 3.34. The Hall–Kier alpha value is -3.23. The van der Waals surface area contributed by atoms with E-state index in [1.165, 1.54) is 12.1 Å². The molecular formula is C23H26F3N3O3. The average molecular weight is 449 g/mol. The van der Waals surface area contributed by atoms with Crippen molar-refractivity contribution in [2.75, 3.05) is 17.2 Å². The van der Waals surface area contributed by atoms with Gasteiger partial charge in [-0.2, -0.15) is 13.2 Å². The first-order valence-electron chi connectivity index (χ1n) is 10.2. The summed E-state index contributed by atoms with van der Waals surface area (Å²) in [5.41, 5.74) is 0.449. The van der Waals surface area contributed by atoms with Crippen LogP contribution in [-0.4, -0.2) is 24.3 Å². The zero-order valence-corrected chi connectivity index (χ0v) is 18.0. The summed E-state index contributed by atoms with van der Waals surface area (Å²) < 4.78 is 43.2. The molecule has 6 nitrogen and oxygen atoms in total. The van der Waals surface area contributed by atoms with E-state index in [2.05, 4.69) is 16.0 Å². The first kappa shape index (κ1) is 23.4. The number of carbonyl (C=O) groups is 2. The summed E-state index contributed by atoms with van der Waals surface area (Å²) in [4.78, 5) is 24.2. The molecule has 0 heterocycles. The second kappa shape index (κ2) is 9.10. The van der Waals surface area contributed by atoms with Gasteiger partial charge in [-0.25, -0.2) is 9.59 Å². The lowest BCUT2D eigenvalue weighted by atomic mass is 10.1. The molecule has 0 unspecified atom stereocenters. The molecular weight excluding hydrogens is 423 g/mol. The zero-order valence-electron chi connectivity index (χ0n) is 18.0. The van der Waals surface area contributed by atoms with Crippen molar-refractivity contribution in [1.29, 1.82) is 0 Å². The van der Waals surface area contributed by atoms with Crippen LogP contribution < -0.4 is 16.0 Å². The third-order valence-corrected chi connectivity index (χ3v) is 4.91. The molecule has 1 aliphatic rings. The van der Waals surface area contributed by atoms with E-state index in [0.29, 0.717) is 12.2 Å². The number of nitrogens with one attached hydrogen (secondary N) is 3. The van der Waals surface area contributed by atoms with E-state index >= 15 is 0 Å². The number of ether oxygens (including phenoxy) is 1. The van der Waals surface area contributed by atoms with Gasteiger partial charge in [0.25, 0.3) is 0 Å². The van der Waals surface area contributed by atoms with Gasteiger partial charge < -0.3 is 20.7 Å². The van der Waals surface area contributed by atoms with Gasteiger partial charge in [-0.05, 0) is 74.9 Å². The fourth-order valence-electron chi connectivity index (χ4n) is 3.34. The summed E-state index contributed by atoms with van der Waals surface area (Å²) >= 11 is 0. The number of urea groups is 1. The topological polar surface area (TPSA) is 79.5 Å². The highest BCUT2D eigenvalue weighted by atomic mass is 19.4. The van der Waals surface area contributed by atoms with Crippen LogP contribution in [0.2, 0.25) is 0 Å². The largest absolute Gasteiger partial charge is 0.444 e. The molecule has 0 saturated heterocycles. The molecule has 1 saturated carbocycles. The number of alkyl halides is 3. The summed E-state index contributed by atoms with van der Waals surface area (Å²) in [5.74, 6) is 0.399. The summed E-state index contributed by atoms with van der Waals surface area (Å²) in [6.45, 7) is 5.85. The molecule has 0 bridgehead atoms. The third kappa shape index (κ3) is 6.63. The van der Waals surface area contributed by atoms with E-state index in [1.54, 1.807) is 32.9 Å². The first-order valence-corrected chi connectivity index (χ1v) is 10.2. The summed E-state index contributed by atoms with van der Waals surface area (Å²) in [6.07, 6.45) is -4.04. The van der Waals surface area contributed by atoms with Gasteiger partial charge in [0.05, 0.1) is 5.56 Å². The number of para-hydroxylation sites is 1. The van der Waals surface area contributed by atoms with Crippen molar-refractivity contribution >= 4 is 23.5 Å². The number of anilines is 2. The lowest BCUT2D eigenvalue weighted by Gasteiger charge is -2.19. The van der Waals surface area contributed by atoms with E-state index in [1.807, 2.05) is 12.1 Å². The van der Waals surface area contributed by atoms with Crippen molar-refractivity contribution in [3.05, 3.63) is 59.7 Å². The van der Waals surface area contributed by atoms with Gasteiger partial charge in [-0.15, -0.1) is 0 Å². The molecule has 0 aromatic heterocycles. The summed E-state index contributed by atoms with van der Waals surface area (Å²) in [7, 11) is 0. The Balaban J connectivity index is 1.55. The monoisotopic (exact) mass is 449 g/mol. The van der Waals surface area contributed by atoms with Crippen molar-refractivity contribution in [1.82, 2.24) is 5.32 Å². The molecule has 1 aliphatic carbocycles. The van der Waals surface area contributed by atoms with Crippen LogP contribution in [0, 0.1) is 5.92 Å². The van der Waals surface area contributed by atoms with Crippen molar-refractivity contribution in [2.24, 2.45) is 5.92 Å². The van der Waals surface area contributed by atoms with E-state index in [4.69, 9.17) is 4.74 Å². The molecule has 32 heavy (non-hydrogen) atoms. The summed E-state index contributed by atoms with van der Waals surface area (Å²) in [6, 6.07) is 11.0. The Morgan fingerprint density at radius 3 is 2.28 bits per heavy atom. The second-order valence-electron chi connectivity index (χ2n) is 8.73. The van der Waals surface area contributed by atoms with E-state index in [0.717, 1.165) is 24.1 Å². The lowest BCUT2D eigenvalue weighted by molar-refractivity contribution is -0.137. The van der Waals surface area contributed by atoms with Gasteiger partial charge in [-0.3, -0.25) is 0 Å². The number of hydrogen-bond donors (Lipinski definition) is 3. The van der Waals surface area contributed by atoms with Crippen molar-refractivity contribution in [2.45, 2.75) is 44.9 Å². The fraction of sp³-hybridized carbons (Fsp3) is 0.391. The van der Waals surface area contributed by atoms with Crippen LogP contribution in [-0.2, 0) is 10.9 Å². The van der Waals surface area contributed by atoms with Gasteiger partial charge in [0.2, 0.25) is 0 Å². The Bertz CT molecular complexity index is 969. The number of alkyl carbamates (subject to hydrolysis) is 1. The minimum atomic E-state index is -4.43. The van der Waals surface area contributed by atoms with Gasteiger partial charge in [0, 0.05) is 17.9 Å². The van der Waals surface area contributed by atoms with Gasteiger partial charge in [0.15, 0.2) is 0 Å². The SMILES string of the molecule is CC(C)(C)OC(=O)NC[C@@H]1C[C@H]1c1ccccc1NC(=O)Nc1ccc(C(F)(F)F)cc1. The maximum atomic E-state index is 12.7. The minimum Gasteiger partial charge on any atom is -0.444 e. The Morgan fingerprint density at radius 2 is 1.66 bits per heavy atom. The highest BCUT2D eigenvalue weighted by molar-refractivity contribution is 6.00. The molecule has 2 aromatic carbocycles. The standard InChI is InChI=1S/C23H26F3N3O3/c1-22(2,3)32-21(31)27-13-14-12-18(14)17-6-4-5-7-19(17)29-20(30)28-16-10-8-15(9-11-16)23(24,25)26/h4-11,14,18H,12-13H2,1-3H3,(H,27,31)(H2,28,29,30)/t14-,18+/m0/s1. The quantitative estimate of drug-likeness (QED) is 0.526. The minimum absolute atomic E-state index is 0.174. The smallest absolute Gasteiger partial charge is 0.416 e. The molecule has 0 radical (unpaired) electrons. The lowest BCUT2D eigenvalue weighted by Crippen LogP contribution is -2.33. The number of rotatable bonds is 5. The predicted molar refractivity (Wildman–Crippen MR) is 116 cm³/mol. The number of benzene rings is 2. The molecule has 0 aliphatic heterocycles. The van der Waals surface area contributed by atoms with Gasteiger partial charge >= 0.3 is 18.3 Å². The van der Waals surface area contributed by atoms with Gasteiger partial charge in [-0.1, -0.05) is 18.2 Å². The molecule has 0 spiro atoms. The molecule has 9 heteroatoms. The number of amides is 3. The highest BCUT2D eigenvalue weighted by Gasteiger charge is 2.40. The Kier molecular flexibility index (Phi) is 6.66. The number of hydrogen-bond acceptors (Lipinski definition) is 3. The third-order valence-electron chi connectivity index (χ3n) is 4.91. The van der Waals surface area contributed by atoms with E-state index < -0.39 is 29.5 Å². The van der Waals surface area contributed by atoms with Crippen LogP contribution in [0.1, 0.15) is 44.2 Å². The predicted octanol–water partition coefficient (Wildman–Crippen LogP) is 5.98. The molecule has 3 rings (SSSR count). The molecule has 172 valence electrons. The molecule has 3 amide bonds. The van der Waals surface area contributed by atoms with Crippen LogP contribution >= 0.6 is 0 Å².